The molecule has 2 aromatic rings. The van der Waals surface area contributed by atoms with E-state index in [9.17, 15) is 4.79 Å². The highest BCUT2D eigenvalue weighted by molar-refractivity contribution is 5.90. The Balaban J connectivity index is 2.13. The number of carbonyl (C=O) groups excluding carboxylic acids is 1. The number of hydrogen-bond acceptors (Lipinski definition) is 4. The summed E-state index contributed by atoms with van der Waals surface area (Å²) in [5.74, 6) is 0.500. The average Bonchev–Trinajstić information content (AvgIpc) is 2.56. The Morgan fingerprint density at radius 1 is 1.21 bits per heavy atom. The van der Waals surface area contributed by atoms with E-state index in [4.69, 9.17) is 9.84 Å². The summed E-state index contributed by atoms with van der Waals surface area (Å²) in [6, 6.07) is 13.8. The van der Waals surface area contributed by atoms with Gasteiger partial charge in [0.05, 0.1) is 12.8 Å². The van der Waals surface area contributed by atoms with Crippen LogP contribution < -0.4 is 15.4 Å². The topological polar surface area (TPSA) is 70.6 Å². The first-order chi connectivity index (χ1) is 11.5. The van der Waals surface area contributed by atoms with Crippen LogP contribution in [-0.2, 0) is 11.2 Å². The van der Waals surface area contributed by atoms with Crippen LogP contribution in [0.5, 0.6) is 5.75 Å². The lowest BCUT2D eigenvalue weighted by molar-refractivity contribution is -0.114. The minimum absolute atomic E-state index is 0.0621. The van der Waals surface area contributed by atoms with Gasteiger partial charge in [-0.3, -0.25) is 4.79 Å². The lowest BCUT2D eigenvalue weighted by atomic mass is 10.1. The number of hydrogen-bond donors (Lipinski definition) is 3. The second kappa shape index (κ2) is 8.36. The standard InChI is InChI=1S/C19H24N2O3/c1-13(20-17-7-4-15(5-8-17)10-11-22)16-6-9-19(24-3)18(12-16)21-14(2)23/h4-9,12-13,20,22H,10-11H2,1-3H3,(H,21,23). The van der Waals surface area contributed by atoms with Crippen LogP contribution in [0.4, 0.5) is 11.4 Å². The SMILES string of the molecule is COc1ccc(C(C)Nc2ccc(CCO)cc2)cc1NC(C)=O. The van der Waals surface area contributed by atoms with Crippen LogP contribution in [0, 0.1) is 0 Å². The van der Waals surface area contributed by atoms with E-state index in [0.717, 1.165) is 16.8 Å². The van der Waals surface area contributed by atoms with Crippen LogP contribution in [-0.4, -0.2) is 24.7 Å². The number of methoxy groups -OCH3 is 1. The summed E-state index contributed by atoms with van der Waals surface area (Å²) in [6.45, 7) is 3.68. The largest absolute Gasteiger partial charge is 0.495 e. The maximum atomic E-state index is 11.3. The number of anilines is 2. The molecular formula is C19H24N2O3. The minimum atomic E-state index is -0.134. The average molecular weight is 328 g/mol. The zero-order chi connectivity index (χ0) is 17.5. The molecule has 0 saturated carbocycles. The molecule has 2 rings (SSSR count). The van der Waals surface area contributed by atoms with Crippen LogP contribution in [0.3, 0.4) is 0 Å². The van der Waals surface area contributed by atoms with E-state index in [2.05, 4.69) is 17.6 Å². The normalized spacial score (nSPS) is 11.7. The molecule has 3 N–H and O–H groups in total. The second-order valence-corrected chi connectivity index (χ2v) is 5.68. The van der Waals surface area contributed by atoms with E-state index >= 15 is 0 Å². The molecule has 0 aliphatic heterocycles. The van der Waals surface area contributed by atoms with Gasteiger partial charge in [-0.15, -0.1) is 0 Å². The summed E-state index contributed by atoms with van der Waals surface area (Å²) in [5, 5.41) is 15.2. The number of rotatable bonds is 7. The van der Waals surface area contributed by atoms with Crippen molar-refractivity contribution in [3.8, 4) is 5.75 Å². The molecule has 2 aromatic carbocycles. The number of benzene rings is 2. The lowest BCUT2D eigenvalue weighted by Gasteiger charge is -2.18. The number of carbonyl (C=O) groups is 1. The summed E-state index contributed by atoms with van der Waals surface area (Å²) in [4.78, 5) is 11.3. The number of amides is 1. The van der Waals surface area contributed by atoms with Gasteiger partial charge >= 0.3 is 0 Å². The molecule has 0 fully saturated rings. The van der Waals surface area contributed by atoms with Crippen molar-refractivity contribution in [2.45, 2.75) is 26.3 Å². The molecule has 1 atom stereocenters. The van der Waals surface area contributed by atoms with E-state index in [1.54, 1.807) is 7.11 Å². The van der Waals surface area contributed by atoms with Gasteiger partial charge in [-0.25, -0.2) is 0 Å². The lowest BCUT2D eigenvalue weighted by Crippen LogP contribution is -2.10. The Kier molecular flexibility index (Phi) is 6.21. The highest BCUT2D eigenvalue weighted by Crippen LogP contribution is 2.29. The Bertz CT molecular complexity index is 684. The number of ether oxygens (including phenoxy) is 1. The molecule has 0 radical (unpaired) electrons. The molecule has 5 heteroatoms. The summed E-state index contributed by atoms with van der Waals surface area (Å²) < 4.78 is 5.28. The zero-order valence-electron chi connectivity index (χ0n) is 14.3. The van der Waals surface area contributed by atoms with Gasteiger partial charge in [-0.1, -0.05) is 18.2 Å². The number of aliphatic hydroxyl groups excluding tert-OH is 1. The first-order valence-electron chi connectivity index (χ1n) is 7.95. The van der Waals surface area contributed by atoms with Gasteiger partial charge in [0.25, 0.3) is 0 Å². The van der Waals surface area contributed by atoms with E-state index in [1.165, 1.54) is 6.92 Å². The Morgan fingerprint density at radius 3 is 2.50 bits per heavy atom. The Morgan fingerprint density at radius 2 is 1.92 bits per heavy atom. The van der Waals surface area contributed by atoms with Gasteiger partial charge in [-0.05, 0) is 48.7 Å². The first kappa shape index (κ1) is 17.8. The molecule has 128 valence electrons. The van der Waals surface area contributed by atoms with E-state index in [-0.39, 0.29) is 18.6 Å². The number of nitrogens with one attached hydrogen (secondary N) is 2. The van der Waals surface area contributed by atoms with Crippen LogP contribution in [0.1, 0.15) is 31.0 Å². The smallest absolute Gasteiger partial charge is 0.221 e. The van der Waals surface area contributed by atoms with E-state index in [1.807, 2.05) is 42.5 Å². The van der Waals surface area contributed by atoms with Crippen molar-refractivity contribution in [3.63, 3.8) is 0 Å². The predicted molar refractivity (Wildman–Crippen MR) is 96.6 cm³/mol. The van der Waals surface area contributed by atoms with Crippen molar-refractivity contribution in [1.29, 1.82) is 0 Å². The van der Waals surface area contributed by atoms with Crippen molar-refractivity contribution in [1.82, 2.24) is 0 Å². The van der Waals surface area contributed by atoms with Crippen LogP contribution in [0.15, 0.2) is 42.5 Å². The van der Waals surface area contributed by atoms with Crippen molar-refractivity contribution < 1.29 is 14.6 Å². The van der Waals surface area contributed by atoms with E-state index < -0.39 is 0 Å². The molecular weight excluding hydrogens is 304 g/mol. The van der Waals surface area contributed by atoms with Crippen LogP contribution in [0.25, 0.3) is 0 Å². The quantitative estimate of drug-likeness (QED) is 0.729. The molecule has 0 aliphatic carbocycles. The Labute approximate surface area is 142 Å². The summed E-state index contributed by atoms with van der Waals surface area (Å²) in [7, 11) is 1.58. The van der Waals surface area contributed by atoms with E-state index in [0.29, 0.717) is 17.9 Å². The molecule has 1 unspecified atom stereocenters. The van der Waals surface area contributed by atoms with Crippen molar-refractivity contribution >= 4 is 17.3 Å². The monoisotopic (exact) mass is 328 g/mol. The fraction of sp³-hybridized carbons (Fsp3) is 0.316. The van der Waals surface area contributed by atoms with Gasteiger partial charge in [-0.2, -0.15) is 0 Å². The third kappa shape index (κ3) is 4.73. The molecule has 24 heavy (non-hydrogen) atoms. The van der Waals surface area contributed by atoms with Crippen molar-refractivity contribution in [2.24, 2.45) is 0 Å². The van der Waals surface area contributed by atoms with Gasteiger partial charge < -0.3 is 20.5 Å². The fourth-order valence-corrected chi connectivity index (χ4v) is 2.51. The van der Waals surface area contributed by atoms with Crippen molar-refractivity contribution in [3.05, 3.63) is 53.6 Å². The molecule has 0 aromatic heterocycles. The van der Waals surface area contributed by atoms with Crippen LogP contribution >= 0.6 is 0 Å². The molecule has 0 spiro atoms. The van der Waals surface area contributed by atoms with Gasteiger partial charge in [0.2, 0.25) is 5.91 Å². The Hall–Kier alpha value is -2.53. The molecule has 1 amide bonds. The zero-order valence-corrected chi connectivity index (χ0v) is 14.3. The highest BCUT2D eigenvalue weighted by atomic mass is 16.5. The van der Waals surface area contributed by atoms with Crippen molar-refractivity contribution in [2.75, 3.05) is 24.4 Å². The minimum Gasteiger partial charge on any atom is -0.495 e. The number of aliphatic hydroxyl groups is 1. The predicted octanol–water partition coefficient (Wildman–Crippen LogP) is 3.36. The first-order valence-corrected chi connectivity index (χ1v) is 7.95. The summed E-state index contributed by atoms with van der Waals surface area (Å²) in [6.07, 6.45) is 0.661. The maximum absolute atomic E-state index is 11.3. The summed E-state index contributed by atoms with van der Waals surface area (Å²) in [5.41, 5.74) is 3.81. The van der Waals surface area contributed by atoms with Gasteiger partial charge in [0, 0.05) is 25.3 Å². The molecule has 0 heterocycles. The third-order valence-electron chi connectivity index (χ3n) is 3.77. The highest BCUT2D eigenvalue weighted by Gasteiger charge is 2.11. The molecule has 5 nitrogen and oxygen atoms in total. The summed E-state index contributed by atoms with van der Waals surface area (Å²) >= 11 is 0. The van der Waals surface area contributed by atoms with Gasteiger partial charge in [0.15, 0.2) is 0 Å². The fourth-order valence-electron chi connectivity index (χ4n) is 2.51. The third-order valence-corrected chi connectivity index (χ3v) is 3.77. The molecule has 0 bridgehead atoms. The molecule has 0 aliphatic rings. The van der Waals surface area contributed by atoms with Crippen LogP contribution in [0.2, 0.25) is 0 Å². The maximum Gasteiger partial charge on any atom is 0.221 e. The second-order valence-electron chi connectivity index (χ2n) is 5.68. The molecule has 0 saturated heterocycles. The van der Waals surface area contributed by atoms with Gasteiger partial charge in [0.1, 0.15) is 5.75 Å².